The zero-order chi connectivity index (χ0) is 24.1. The number of aromatic amines is 1. The van der Waals surface area contributed by atoms with Gasteiger partial charge in [-0.3, -0.25) is 14.0 Å². The Bertz CT molecular complexity index is 1680. The molecule has 1 unspecified atom stereocenters. The highest BCUT2D eigenvalue weighted by Crippen LogP contribution is 2.34. The average molecular weight is 473 g/mol. The number of nitrogens with one attached hydrogen (secondary N) is 2. The van der Waals surface area contributed by atoms with Crippen LogP contribution in [0.1, 0.15) is 23.2 Å². The molecule has 10 nitrogen and oxygen atoms in total. The lowest BCUT2D eigenvalue weighted by Crippen LogP contribution is -2.32. The van der Waals surface area contributed by atoms with Gasteiger partial charge in [0.15, 0.2) is 17.1 Å². The number of para-hydroxylation sites is 2. The molecule has 1 amide bonds. The number of amides is 1. The lowest BCUT2D eigenvalue weighted by molar-refractivity contribution is 0.0860. The summed E-state index contributed by atoms with van der Waals surface area (Å²) in [6, 6.07) is 10.8. The number of carbonyl (C=O) groups excluding carboxylic acids is 1. The molecule has 1 atom stereocenters. The highest BCUT2D eigenvalue weighted by atomic mass is 16.5. The van der Waals surface area contributed by atoms with Crippen molar-refractivity contribution in [3.63, 3.8) is 0 Å². The van der Waals surface area contributed by atoms with Crippen molar-refractivity contribution in [2.75, 3.05) is 27.4 Å². The number of hydrogen-bond donors (Lipinski definition) is 2. The van der Waals surface area contributed by atoms with Gasteiger partial charge in [0.2, 0.25) is 0 Å². The summed E-state index contributed by atoms with van der Waals surface area (Å²) in [6.07, 6.45) is 1.84. The van der Waals surface area contributed by atoms with E-state index >= 15 is 0 Å². The standard InChI is InChI=1S/C25H23N5O5/c1-33-18-10-14-17(11-19(18)34-2)30-22(29-24(14)31)20(25(32)26-12-13-6-5-9-35-13)21-23(30)28-16-8-4-3-7-15(16)27-21/h3-4,7-8,10-11,13H,5-6,9,12H2,1-2H3,(H,26,32)(H,29,31). The molecule has 0 saturated carbocycles. The summed E-state index contributed by atoms with van der Waals surface area (Å²) in [5.74, 6) is 0.521. The molecule has 3 aromatic heterocycles. The fraction of sp³-hybridized carbons (Fsp3) is 0.280. The van der Waals surface area contributed by atoms with Gasteiger partial charge in [0.25, 0.3) is 11.5 Å². The molecule has 0 spiro atoms. The molecule has 1 aliphatic rings. The zero-order valence-corrected chi connectivity index (χ0v) is 19.3. The second-order valence-electron chi connectivity index (χ2n) is 8.47. The van der Waals surface area contributed by atoms with Crippen LogP contribution in [-0.2, 0) is 4.74 Å². The molecule has 1 saturated heterocycles. The van der Waals surface area contributed by atoms with Gasteiger partial charge in [0.05, 0.1) is 42.3 Å². The molecule has 2 aromatic carbocycles. The highest BCUT2D eigenvalue weighted by molar-refractivity contribution is 6.13. The van der Waals surface area contributed by atoms with Crippen molar-refractivity contribution in [2.24, 2.45) is 0 Å². The first-order chi connectivity index (χ1) is 17.1. The Morgan fingerprint density at radius 3 is 2.63 bits per heavy atom. The largest absolute Gasteiger partial charge is 0.493 e. The summed E-state index contributed by atoms with van der Waals surface area (Å²) in [6.45, 7) is 1.07. The van der Waals surface area contributed by atoms with Crippen LogP contribution in [0.4, 0.5) is 0 Å². The van der Waals surface area contributed by atoms with E-state index in [0.29, 0.717) is 63.4 Å². The number of aromatic nitrogens is 4. The number of benzene rings is 2. The maximum absolute atomic E-state index is 13.5. The number of fused-ring (bicyclic) bond motifs is 6. The summed E-state index contributed by atoms with van der Waals surface area (Å²) in [5.41, 5.74) is 2.89. The summed E-state index contributed by atoms with van der Waals surface area (Å²) >= 11 is 0. The summed E-state index contributed by atoms with van der Waals surface area (Å²) in [4.78, 5) is 39.1. The van der Waals surface area contributed by atoms with Crippen LogP contribution in [0.5, 0.6) is 11.5 Å². The minimum Gasteiger partial charge on any atom is -0.493 e. The predicted molar refractivity (Wildman–Crippen MR) is 131 cm³/mol. The zero-order valence-electron chi connectivity index (χ0n) is 19.3. The molecule has 2 N–H and O–H groups in total. The van der Waals surface area contributed by atoms with Gasteiger partial charge < -0.3 is 24.5 Å². The van der Waals surface area contributed by atoms with E-state index in [0.717, 1.165) is 12.8 Å². The Hall–Kier alpha value is -4.18. The molecule has 0 aliphatic carbocycles. The number of methoxy groups -OCH3 is 2. The number of carbonyl (C=O) groups is 1. The SMILES string of the molecule is COc1cc2c(=O)[nH]c3c(C(=O)NCC4CCCO4)c4nc5ccccc5nc4n3c2cc1OC. The van der Waals surface area contributed by atoms with Crippen LogP contribution in [0, 0.1) is 0 Å². The van der Waals surface area contributed by atoms with Crippen LogP contribution >= 0.6 is 0 Å². The third kappa shape index (κ3) is 3.36. The van der Waals surface area contributed by atoms with Crippen LogP contribution in [-0.4, -0.2) is 58.7 Å². The highest BCUT2D eigenvalue weighted by Gasteiger charge is 2.26. The van der Waals surface area contributed by atoms with Crippen LogP contribution in [0.3, 0.4) is 0 Å². The van der Waals surface area contributed by atoms with Gasteiger partial charge in [-0.2, -0.15) is 0 Å². The van der Waals surface area contributed by atoms with Crippen LogP contribution in [0.25, 0.3) is 38.7 Å². The van der Waals surface area contributed by atoms with E-state index in [2.05, 4.69) is 10.3 Å². The third-order valence-electron chi connectivity index (χ3n) is 6.42. The molecule has 6 rings (SSSR count). The minimum atomic E-state index is -0.367. The number of H-pyrrole nitrogens is 1. The van der Waals surface area contributed by atoms with E-state index in [9.17, 15) is 9.59 Å². The van der Waals surface area contributed by atoms with Crippen molar-refractivity contribution >= 4 is 44.7 Å². The first kappa shape index (κ1) is 21.4. The molecule has 178 valence electrons. The van der Waals surface area contributed by atoms with Crippen molar-refractivity contribution < 1.29 is 19.0 Å². The monoisotopic (exact) mass is 473 g/mol. The molecule has 0 bridgehead atoms. The molecular weight excluding hydrogens is 450 g/mol. The first-order valence-electron chi connectivity index (χ1n) is 11.4. The minimum absolute atomic E-state index is 0.0254. The number of hydrogen-bond acceptors (Lipinski definition) is 7. The van der Waals surface area contributed by atoms with E-state index in [1.807, 2.05) is 24.3 Å². The number of rotatable bonds is 5. The lowest BCUT2D eigenvalue weighted by Gasteiger charge is -2.11. The quantitative estimate of drug-likeness (QED) is 0.403. The van der Waals surface area contributed by atoms with E-state index < -0.39 is 0 Å². The van der Waals surface area contributed by atoms with Crippen molar-refractivity contribution in [1.82, 2.24) is 24.7 Å². The second kappa shape index (κ2) is 8.24. The van der Waals surface area contributed by atoms with Gasteiger partial charge in [-0.15, -0.1) is 0 Å². The third-order valence-corrected chi connectivity index (χ3v) is 6.42. The fourth-order valence-corrected chi connectivity index (χ4v) is 4.72. The Morgan fingerprint density at radius 2 is 1.91 bits per heavy atom. The maximum atomic E-state index is 13.5. The average Bonchev–Trinajstić information content (AvgIpc) is 3.51. The maximum Gasteiger partial charge on any atom is 0.259 e. The Balaban J connectivity index is 1.67. The molecular formula is C25H23N5O5. The smallest absolute Gasteiger partial charge is 0.259 e. The number of nitrogens with zero attached hydrogens (tertiary/aromatic N) is 3. The van der Waals surface area contributed by atoms with Gasteiger partial charge in [-0.1, -0.05) is 12.1 Å². The van der Waals surface area contributed by atoms with Crippen molar-refractivity contribution in [3.05, 3.63) is 52.3 Å². The topological polar surface area (TPSA) is 120 Å². The van der Waals surface area contributed by atoms with Gasteiger partial charge in [-0.25, -0.2) is 9.97 Å². The molecule has 35 heavy (non-hydrogen) atoms. The first-order valence-corrected chi connectivity index (χ1v) is 11.4. The van der Waals surface area contributed by atoms with Gasteiger partial charge >= 0.3 is 0 Å². The summed E-state index contributed by atoms with van der Waals surface area (Å²) in [5, 5.41) is 3.32. The Kier molecular flexibility index (Phi) is 5.03. The van der Waals surface area contributed by atoms with Crippen molar-refractivity contribution in [2.45, 2.75) is 18.9 Å². The Labute approximate surface area is 198 Å². The number of ether oxygens (including phenoxy) is 3. The predicted octanol–water partition coefficient (Wildman–Crippen LogP) is 2.80. The van der Waals surface area contributed by atoms with Crippen LogP contribution in [0.2, 0.25) is 0 Å². The lowest BCUT2D eigenvalue weighted by atomic mass is 10.2. The Morgan fingerprint density at radius 1 is 1.17 bits per heavy atom. The van der Waals surface area contributed by atoms with Crippen molar-refractivity contribution in [3.8, 4) is 11.5 Å². The molecule has 1 aliphatic heterocycles. The van der Waals surface area contributed by atoms with E-state index in [1.54, 1.807) is 16.5 Å². The fourth-order valence-electron chi connectivity index (χ4n) is 4.72. The van der Waals surface area contributed by atoms with Crippen LogP contribution in [0.15, 0.2) is 41.2 Å². The summed E-state index contributed by atoms with van der Waals surface area (Å²) in [7, 11) is 3.04. The van der Waals surface area contributed by atoms with E-state index in [4.69, 9.17) is 24.2 Å². The van der Waals surface area contributed by atoms with Gasteiger partial charge in [0.1, 0.15) is 16.7 Å². The molecule has 10 heteroatoms. The molecule has 0 radical (unpaired) electrons. The molecule has 4 heterocycles. The second-order valence-corrected chi connectivity index (χ2v) is 8.47. The molecule has 5 aromatic rings. The van der Waals surface area contributed by atoms with Crippen molar-refractivity contribution in [1.29, 1.82) is 0 Å². The normalized spacial score (nSPS) is 15.9. The van der Waals surface area contributed by atoms with Gasteiger partial charge in [-0.05, 0) is 31.0 Å². The van der Waals surface area contributed by atoms with Gasteiger partial charge in [0, 0.05) is 19.2 Å². The molecule has 1 fully saturated rings. The van der Waals surface area contributed by atoms with E-state index in [1.165, 1.54) is 14.2 Å². The summed E-state index contributed by atoms with van der Waals surface area (Å²) < 4.78 is 18.3. The van der Waals surface area contributed by atoms with E-state index in [-0.39, 0.29) is 23.1 Å². The van der Waals surface area contributed by atoms with Crippen LogP contribution < -0.4 is 20.3 Å².